The lowest BCUT2D eigenvalue weighted by molar-refractivity contribution is -0.115. The van der Waals surface area contributed by atoms with Gasteiger partial charge in [-0.1, -0.05) is 30.0 Å². The Morgan fingerprint density at radius 1 is 1.10 bits per heavy atom. The van der Waals surface area contributed by atoms with E-state index in [1.54, 1.807) is 31.4 Å². The van der Waals surface area contributed by atoms with E-state index in [-0.39, 0.29) is 17.9 Å². The fourth-order valence-electron chi connectivity index (χ4n) is 2.90. The number of carbonyl (C=O) groups is 2. The highest BCUT2D eigenvalue weighted by Gasteiger charge is 2.18. The second kappa shape index (κ2) is 10.6. The zero-order valence-corrected chi connectivity index (χ0v) is 18.5. The van der Waals surface area contributed by atoms with E-state index >= 15 is 0 Å². The third-order valence-electron chi connectivity index (χ3n) is 4.57. The van der Waals surface area contributed by atoms with Crippen LogP contribution in [0.25, 0.3) is 0 Å². The molecule has 0 aliphatic heterocycles. The molecule has 1 heterocycles. The normalized spacial score (nSPS) is 11.6. The van der Waals surface area contributed by atoms with Gasteiger partial charge in [0.25, 0.3) is 5.91 Å². The number of methoxy groups -OCH3 is 1. The molecule has 1 atom stereocenters. The Balaban J connectivity index is 1.51. The van der Waals surface area contributed by atoms with Gasteiger partial charge in [-0.25, -0.2) is 0 Å². The van der Waals surface area contributed by atoms with Gasteiger partial charge in [0.1, 0.15) is 5.75 Å². The van der Waals surface area contributed by atoms with E-state index in [0.29, 0.717) is 34.5 Å². The van der Waals surface area contributed by atoms with Gasteiger partial charge in [-0.3, -0.25) is 9.59 Å². The first-order chi connectivity index (χ1) is 15.0. The number of hydrogen-bond donors (Lipinski definition) is 2. The minimum Gasteiger partial charge on any atom is -0.497 e. The molecule has 3 aromatic rings. The van der Waals surface area contributed by atoms with Crippen molar-refractivity contribution < 1.29 is 14.3 Å². The van der Waals surface area contributed by atoms with E-state index in [9.17, 15) is 9.59 Å². The molecule has 0 spiro atoms. The zero-order chi connectivity index (χ0) is 22.2. The average molecular weight is 440 g/mol. The van der Waals surface area contributed by atoms with Crippen LogP contribution in [0.3, 0.4) is 0 Å². The van der Waals surface area contributed by atoms with Crippen molar-refractivity contribution in [3.05, 3.63) is 66.0 Å². The molecule has 31 heavy (non-hydrogen) atoms. The predicted molar refractivity (Wildman–Crippen MR) is 120 cm³/mol. The number of carbonyl (C=O) groups excluding carboxylic acids is 2. The van der Waals surface area contributed by atoms with E-state index in [1.807, 2.05) is 48.9 Å². The molecule has 2 amide bonds. The van der Waals surface area contributed by atoms with E-state index in [1.165, 1.54) is 11.8 Å². The summed E-state index contributed by atoms with van der Waals surface area (Å²) in [5.74, 6) is 1.64. The van der Waals surface area contributed by atoms with Crippen LogP contribution in [0.2, 0.25) is 0 Å². The number of anilines is 1. The molecule has 0 aliphatic carbocycles. The van der Waals surface area contributed by atoms with Crippen molar-refractivity contribution >= 4 is 29.3 Å². The Morgan fingerprint density at radius 3 is 2.48 bits per heavy atom. The van der Waals surface area contributed by atoms with Crippen molar-refractivity contribution in [1.29, 1.82) is 0 Å². The van der Waals surface area contributed by atoms with Crippen molar-refractivity contribution in [2.75, 3.05) is 18.2 Å². The fourth-order valence-corrected chi connectivity index (χ4v) is 3.75. The largest absolute Gasteiger partial charge is 0.497 e. The minimum absolute atomic E-state index is 0.0544. The third-order valence-corrected chi connectivity index (χ3v) is 5.60. The molecule has 2 aromatic carbocycles. The zero-order valence-electron chi connectivity index (χ0n) is 17.7. The minimum atomic E-state index is -0.331. The molecule has 8 nitrogen and oxygen atoms in total. The monoisotopic (exact) mass is 439 g/mol. The van der Waals surface area contributed by atoms with Crippen molar-refractivity contribution in [3.8, 4) is 5.75 Å². The Labute approximate surface area is 185 Å². The number of ether oxygens (including phenoxy) is 1. The highest BCUT2D eigenvalue weighted by molar-refractivity contribution is 7.99. The van der Waals surface area contributed by atoms with Gasteiger partial charge >= 0.3 is 0 Å². The predicted octanol–water partition coefficient (Wildman–Crippen LogP) is 3.44. The highest BCUT2D eigenvalue weighted by Crippen LogP contribution is 2.20. The van der Waals surface area contributed by atoms with Crippen molar-refractivity contribution in [3.63, 3.8) is 0 Å². The molecule has 0 saturated carbocycles. The number of hydrogen-bond acceptors (Lipinski definition) is 6. The van der Waals surface area contributed by atoms with Gasteiger partial charge in [-0.2, -0.15) is 0 Å². The van der Waals surface area contributed by atoms with Crippen molar-refractivity contribution in [1.82, 2.24) is 20.1 Å². The summed E-state index contributed by atoms with van der Waals surface area (Å²) < 4.78 is 6.95. The van der Waals surface area contributed by atoms with Gasteiger partial charge in [0.2, 0.25) is 5.91 Å². The van der Waals surface area contributed by atoms with Gasteiger partial charge in [0.05, 0.1) is 13.2 Å². The Hall–Kier alpha value is -3.33. The lowest BCUT2D eigenvalue weighted by Gasteiger charge is -2.14. The Bertz CT molecular complexity index is 1020. The van der Waals surface area contributed by atoms with E-state index < -0.39 is 0 Å². The maximum absolute atomic E-state index is 12.5. The van der Waals surface area contributed by atoms with Gasteiger partial charge in [-0.05, 0) is 43.3 Å². The molecule has 162 valence electrons. The molecule has 3 rings (SSSR count). The van der Waals surface area contributed by atoms with Crippen LogP contribution in [0, 0.1) is 0 Å². The maximum atomic E-state index is 12.5. The van der Waals surface area contributed by atoms with E-state index in [4.69, 9.17) is 4.74 Å². The number of rotatable bonds is 9. The van der Waals surface area contributed by atoms with Crippen LogP contribution in [-0.2, 0) is 11.8 Å². The Morgan fingerprint density at radius 2 is 1.81 bits per heavy atom. The number of nitrogens with one attached hydrogen (secondary N) is 2. The van der Waals surface area contributed by atoms with Crippen LogP contribution >= 0.6 is 11.8 Å². The summed E-state index contributed by atoms with van der Waals surface area (Å²) >= 11 is 1.45. The van der Waals surface area contributed by atoms with Crippen molar-refractivity contribution in [2.45, 2.75) is 24.5 Å². The number of nitrogens with zero attached hydrogens (tertiary/aromatic N) is 3. The molecule has 0 radical (unpaired) electrons. The smallest absolute Gasteiger partial charge is 0.251 e. The van der Waals surface area contributed by atoms with Crippen LogP contribution < -0.4 is 15.4 Å². The molecular formula is C22H25N5O3S. The molecule has 0 bridgehead atoms. The van der Waals surface area contributed by atoms with Crippen molar-refractivity contribution in [2.24, 2.45) is 7.05 Å². The molecule has 0 aliphatic rings. The lowest BCUT2D eigenvalue weighted by atomic mass is 10.2. The summed E-state index contributed by atoms with van der Waals surface area (Å²) in [6.07, 6.45) is 0.353. The highest BCUT2D eigenvalue weighted by atomic mass is 32.2. The average Bonchev–Trinajstić information content (AvgIpc) is 3.15. The van der Waals surface area contributed by atoms with Gasteiger partial charge in [0.15, 0.2) is 11.0 Å². The van der Waals surface area contributed by atoms with Gasteiger partial charge in [-0.15, -0.1) is 10.2 Å². The first-order valence-corrected chi connectivity index (χ1v) is 10.8. The Kier molecular flexibility index (Phi) is 7.66. The van der Waals surface area contributed by atoms with Crippen LogP contribution in [0.15, 0.2) is 59.8 Å². The SMILES string of the molecule is COc1ccc(C(=O)N[C@H](C)c2nnc(SCCC(=O)Nc3ccccc3)n2C)cc1. The molecule has 0 saturated heterocycles. The summed E-state index contributed by atoms with van der Waals surface area (Å²) in [4.78, 5) is 24.6. The van der Waals surface area contributed by atoms with E-state index in [0.717, 1.165) is 5.69 Å². The second-order valence-electron chi connectivity index (χ2n) is 6.84. The number of aromatic nitrogens is 3. The quantitative estimate of drug-likeness (QED) is 0.496. The number of amides is 2. The standard InChI is InChI=1S/C22H25N5O3S/c1-15(23-21(29)16-9-11-18(30-3)12-10-16)20-25-26-22(27(20)2)31-14-13-19(28)24-17-7-5-4-6-8-17/h4-12,15H,13-14H2,1-3H3,(H,23,29)(H,24,28)/t15-/m1/s1. The maximum Gasteiger partial charge on any atom is 0.251 e. The first kappa shape index (κ1) is 22.4. The van der Waals surface area contributed by atoms with Crippen LogP contribution in [0.1, 0.15) is 35.6 Å². The number of benzene rings is 2. The molecule has 0 fully saturated rings. The summed E-state index contributed by atoms with van der Waals surface area (Å²) in [5, 5.41) is 14.9. The summed E-state index contributed by atoms with van der Waals surface area (Å²) in [5.41, 5.74) is 1.31. The van der Waals surface area contributed by atoms with Crippen LogP contribution in [0.5, 0.6) is 5.75 Å². The van der Waals surface area contributed by atoms with Gasteiger partial charge < -0.3 is 19.9 Å². The van der Waals surface area contributed by atoms with Crippen LogP contribution in [-0.4, -0.2) is 39.4 Å². The van der Waals surface area contributed by atoms with Gasteiger partial charge in [0, 0.05) is 30.5 Å². The summed E-state index contributed by atoms with van der Waals surface area (Å²) in [7, 11) is 3.42. The number of thioether (sulfide) groups is 1. The molecule has 2 N–H and O–H groups in total. The number of para-hydroxylation sites is 1. The molecule has 1 aromatic heterocycles. The second-order valence-corrected chi connectivity index (χ2v) is 7.90. The van der Waals surface area contributed by atoms with Crippen LogP contribution in [0.4, 0.5) is 5.69 Å². The summed E-state index contributed by atoms with van der Waals surface area (Å²) in [6, 6.07) is 15.9. The fraction of sp³-hybridized carbons (Fsp3) is 0.273. The van der Waals surface area contributed by atoms with E-state index in [2.05, 4.69) is 20.8 Å². The first-order valence-electron chi connectivity index (χ1n) is 9.80. The summed E-state index contributed by atoms with van der Waals surface area (Å²) in [6.45, 7) is 1.85. The third kappa shape index (κ3) is 6.08. The molecule has 9 heteroatoms. The topological polar surface area (TPSA) is 98.1 Å². The lowest BCUT2D eigenvalue weighted by Crippen LogP contribution is -2.28. The molecule has 0 unspecified atom stereocenters. The molecular weight excluding hydrogens is 414 g/mol.